The van der Waals surface area contributed by atoms with Crippen LogP contribution in [0.3, 0.4) is 0 Å². The Bertz CT molecular complexity index is 457. The number of rotatable bonds is 4. The van der Waals surface area contributed by atoms with Crippen molar-refractivity contribution in [1.29, 1.82) is 0 Å². The Morgan fingerprint density at radius 2 is 2.20 bits per heavy atom. The summed E-state index contributed by atoms with van der Waals surface area (Å²) in [7, 11) is 0. The molecule has 1 aromatic heterocycles. The van der Waals surface area contributed by atoms with Crippen LogP contribution in [0.25, 0.3) is 0 Å². The van der Waals surface area contributed by atoms with Gasteiger partial charge >= 0.3 is 0 Å². The number of aryl methyl sites for hydroxylation is 2. The molecule has 0 aliphatic carbocycles. The maximum atomic E-state index is 6.51. The third-order valence-electron chi connectivity index (χ3n) is 4.74. The molecule has 2 aliphatic heterocycles. The highest BCUT2D eigenvalue weighted by Crippen LogP contribution is 2.28. The molecule has 1 N–H and O–H groups in total. The minimum Gasteiger partial charge on any atom is -0.312 e. The Morgan fingerprint density at radius 3 is 2.90 bits per heavy atom. The second-order valence-corrected chi connectivity index (χ2v) is 6.41. The molecule has 0 aromatic carbocycles. The summed E-state index contributed by atoms with van der Waals surface area (Å²) in [5.74, 6) is 0.825. The fourth-order valence-corrected chi connectivity index (χ4v) is 3.97. The molecule has 0 bridgehead atoms. The summed E-state index contributed by atoms with van der Waals surface area (Å²) in [4.78, 5) is 2.54. The van der Waals surface area contributed by atoms with Gasteiger partial charge in [0.25, 0.3) is 0 Å². The molecule has 3 heterocycles. The molecule has 2 unspecified atom stereocenters. The number of halogens is 1. The second kappa shape index (κ2) is 6.04. The zero-order valence-electron chi connectivity index (χ0n) is 12.5. The SMILES string of the molecule is CCc1nn(CC)c(CN2CC3CCCNC3C2)c1Cl. The maximum absolute atomic E-state index is 6.51. The lowest BCUT2D eigenvalue weighted by molar-refractivity contribution is 0.302. The number of nitrogens with zero attached hydrogens (tertiary/aromatic N) is 3. The average molecular weight is 297 g/mol. The normalized spacial score (nSPS) is 26.9. The number of hydrogen-bond acceptors (Lipinski definition) is 3. The maximum Gasteiger partial charge on any atom is 0.0863 e. The molecule has 112 valence electrons. The van der Waals surface area contributed by atoms with E-state index in [1.807, 2.05) is 0 Å². The van der Waals surface area contributed by atoms with Crippen LogP contribution in [0.5, 0.6) is 0 Å². The van der Waals surface area contributed by atoms with Crippen LogP contribution in [0.15, 0.2) is 0 Å². The van der Waals surface area contributed by atoms with E-state index in [0.29, 0.717) is 6.04 Å². The van der Waals surface area contributed by atoms with Crippen LogP contribution in [0.2, 0.25) is 5.02 Å². The highest BCUT2D eigenvalue weighted by Gasteiger charge is 2.34. The van der Waals surface area contributed by atoms with Crippen molar-refractivity contribution in [3.05, 3.63) is 16.4 Å². The molecule has 20 heavy (non-hydrogen) atoms. The molecule has 2 atom stereocenters. The van der Waals surface area contributed by atoms with Crippen LogP contribution in [-0.4, -0.2) is 40.4 Å². The number of hydrogen-bond donors (Lipinski definition) is 1. The summed E-state index contributed by atoms with van der Waals surface area (Å²) in [6.07, 6.45) is 3.60. The molecule has 1 aromatic rings. The smallest absolute Gasteiger partial charge is 0.0863 e. The molecule has 0 saturated carbocycles. The van der Waals surface area contributed by atoms with E-state index in [9.17, 15) is 0 Å². The van der Waals surface area contributed by atoms with Gasteiger partial charge in [0, 0.05) is 32.2 Å². The molecule has 2 fully saturated rings. The minimum absolute atomic E-state index is 0.686. The molecule has 0 radical (unpaired) electrons. The molecular weight excluding hydrogens is 272 g/mol. The number of piperidine rings is 1. The number of fused-ring (bicyclic) bond motifs is 1. The molecule has 3 rings (SSSR count). The summed E-state index contributed by atoms with van der Waals surface area (Å²) in [5.41, 5.74) is 2.24. The van der Waals surface area contributed by atoms with Crippen molar-refractivity contribution in [2.24, 2.45) is 5.92 Å². The summed E-state index contributed by atoms with van der Waals surface area (Å²) in [6, 6.07) is 0.686. The fraction of sp³-hybridized carbons (Fsp3) is 0.800. The Hall–Kier alpha value is -0.580. The third-order valence-corrected chi connectivity index (χ3v) is 5.18. The van der Waals surface area contributed by atoms with Crippen LogP contribution < -0.4 is 5.32 Å². The van der Waals surface area contributed by atoms with Crippen molar-refractivity contribution < 1.29 is 0 Å². The van der Waals surface area contributed by atoms with Crippen molar-refractivity contribution in [2.45, 2.75) is 52.2 Å². The summed E-state index contributed by atoms with van der Waals surface area (Å²) >= 11 is 6.51. The van der Waals surface area contributed by atoms with Gasteiger partial charge in [-0.2, -0.15) is 5.10 Å². The van der Waals surface area contributed by atoms with Crippen molar-refractivity contribution in [2.75, 3.05) is 19.6 Å². The van der Waals surface area contributed by atoms with Gasteiger partial charge < -0.3 is 5.32 Å². The van der Waals surface area contributed by atoms with Crippen molar-refractivity contribution >= 4 is 11.6 Å². The fourth-order valence-electron chi connectivity index (χ4n) is 3.65. The van der Waals surface area contributed by atoms with E-state index in [1.165, 1.54) is 31.6 Å². The lowest BCUT2D eigenvalue weighted by Crippen LogP contribution is -2.40. The van der Waals surface area contributed by atoms with Crippen LogP contribution in [-0.2, 0) is 19.5 Å². The number of aromatic nitrogens is 2. The van der Waals surface area contributed by atoms with E-state index >= 15 is 0 Å². The topological polar surface area (TPSA) is 33.1 Å². The highest BCUT2D eigenvalue weighted by atomic mass is 35.5. The number of likely N-dealkylation sites (tertiary alicyclic amines) is 1. The van der Waals surface area contributed by atoms with Crippen LogP contribution >= 0.6 is 11.6 Å². The first-order valence-electron chi connectivity index (χ1n) is 7.92. The van der Waals surface area contributed by atoms with E-state index in [1.54, 1.807) is 0 Å². The van der Waals surface area contributed by atoms with Crippen LogP contribution in [0, 0.1) is 5.92 Å². The van der Waals surface area contributed by atoms with Crippen LogP contribution in [0.1, 0.15) is 38.1 Å². The van der Waals surface area contributed by atoms with Gasteiger partial charge in [0.2, 0.25) is 0 Å². The Kier molecular flexibility index (Phi) is 4.34. The predicted molar refractivity (Wildman–Crippen MR) is 82.1 cm³/mol. The second-order valence-electron chi connectivity index (χ2n) is 6.03. The zero-order chi connectivity index (χ0) is 14.1. The van der Waals surface area contributed by atoms with Gasteiger partial charge in [-0.3, -0.25) is 9.58 Å². The number of nitrogens with one attached hydrogen (secondary N) is 1. The van der Waals surface area contributed by atoms with E-state index in [2.05, 4.69) is 33.8 Å². The Morgan fingerprint density at radius 1 is 1.35 bits per heavy atom. The lowest BCUT2D eigenvalue weighted by atomic mass is 9.94. The first-order valence-corrected chi connectivity index (χ1v) is 8.30. The van der Waals surface area contributed by atoms with Gasteiger partial charge in [0.05, 0.1) is 16.4 Å². The summed E-state index contributed by atoms with van der Waals surface area (Å²) in [5, 5.41) is 9.17. The summed E-state index contributed by atoms with van der Waals surface area (Å²) < 4.78 is 2.08. The molecule has 2 saturated heterocycles. The van der Waals surface area contributed by atoms with Gasteiger partial charge in [-0.15, -0.1) is 0 Å². The molecule has 0 amide bonds. The first kappa shape index (κ1) is 14.4. The lowest BCUT2D eigenvalue weighted by Gasteiger charge is -2.24. The highest BCUT2D eigenvalue weighted by molar-refractivity contribution is 6.31. The van der Waals surface area contributed by atoms with E-state index in [0.717, 1.165) is 42.7 Å². The van der Waals surface area contributed by atoms with Crippen LogP contribution in [0.4, 0.5) is 0 Å². The molecule has 2 aliphatic rings. The van der Waals surface area contributed by atoms with Gasteiger partial charge in [-0.1, -0.05) is 18.5 Å². The van der Waals surface area contributed by atoms with Gasteiger partial charge in [-0.05, 0) is 38.6 Å². The summed E-state index contributed by atoms with van der Waals surface area (Å²) in [6.45, 7) is 9.62. The van der Waals surface area contributed by atoms with E-state index in [4.69, 9.17) is 11.6 Å². The Labute approximate surface area is 126 Å². The monoisotopic (exact) mass is 296 g/mol. The molecule has 4 nitrogen and oxygen atoms in total. The third kappa shape index (κ3) is 2.61. The van der Waals surface area contributed by atoms with E-state index in [-0.39, 0.29) is 0 Å². The average Bonchev–Trinajstić information content (AvgIpc) is 3.01. The zero-order valence-corrected chi connectivity index (χ0v) is 13.3. The quantitative estimate of drug-likeness (QED) is 0.925. The minimum atomic E-state index is 0.686. The predicted octanol–water partition coefficient (Wildman–Crippen LogP) is 2.30. The largest absolute Gasteiger partial charge is 0.312 e. The Balaban J connectivity index is 1.73. The molecular formula is C15H25ClN4. The van der Waals surface area contributed by atoms with Gasteiger partial charge in [0.15, 0.2) is 0 Å². The van der Waals surface area contributed by atoms with E-state index < -0.39 is 0 Å². The van der Waals surface area contributed by atoms with Gasteiger partial charge in [0.1, 0.15) is 0 Å². The molecule has 5 heteroatoms. The van der Waals surface area contributed by atoms with Crippen molar-refractivity contribution in [1.82, 2.24) is 20.0 Å². The molecule has 0 spiro atoms. The first-order chi connectivity index (χ1) is 9.72. The van der Waals surface area contributed by atoms with Crippen molar-refractivity contribution in [3.63, 3.8) is 0 Å². The van der Waals surface area contributed by atoms with Gasteiger partial charge in [-0.25, -0.2) is 0 Å². The standard InChI is InChI=1S/C15H25ClN4/c1-3-12-15(16)14(20(4-2)18-12)10-19-8-11-6-5-7-17-13(11)9-19/h11,13,17H,3-10H2,1-2H3. The van der Waals surface area contributed by atoms with Crippen molar-refractivity contribution in [3.8, 4) is 0 Å².